The highest BCUT2D eigenvalue weighted by atomic mass is 16.2. The Bertz CT molecular complexity index is 476. The summed E-state index contributed by atoms with van der Waals surface area (Å²) in [4.78, 5) is 20.8. The van der Waals surface area contributed by atoms with Crippen LogP contribution in [0.3, 0.4) is 0 Å². The molecule has 1 unspecified atom stereocenters. The van der Waals surface area contributed by atoms with Crippen LogP contribution in [0.4, 0.5) is 0 Å². The molecule has 3 rings (SSSR count). The van der Waals surface area contributed by atoms with Crippen molar-refractivity contribution in [2.45, 2.75) is 38.3 Å². The lowest BCUT2D eigenvalue weighted by molar-refractivity contribution is -0.144. The monoisotopic (exact) mass is 290 g/mol. The molecule has 2 aliphatic rings. The number of carbonyl (C=O) groups is 1. The summed E-state index contributed by atoms with van der Waals surface area (Å²) in [5.41, 5.74) is 0.744. The van der Waals surface area contributed by atoms with Gasteiger partial charge in [-0.1, -0.05) is 0 Å². The highest BCUT2D eigenvalue weighted by Crippen LogP contribution is 2.34. The molecule has 1 atom stereocenters. The topological polar surface area (TPSA) is 51.4 Å². The van der Waals surface area contributed by atoms with E-state index < -0.39 is 5.54 Å². The van der Waals surface area contributed by atoms with E-state index in [2.05, 4.69) is 40.0 Å². The zero-order valence-electron chi connectivity index (χ0n) is 13.1. The minimum atomic E-state index is -0.419. The predicted molar refractivity (Wildman–Crippen MR) is 83.0 cm³/mol. The van der Waals surface area contributed by atoms with Gasteiger partial charge in [-0.2, -0.15) is 0 Å². The van der Waals surface area contributed by atoms with E-state index in [1.807, 2.05) is 12.3 Å². The molecule has 0 aliphatic carbocycles. The number of aromatic nitrogens is 1. The lowest BCUT2D eigenvalue weighted by Crippen LogP contribution is -2.60. The number of hydrogen-bond acceptors (Lipinski definition) is 3. The van der Waals surface area contributed by atoms with E-state index in [0.717, 1.165) is 51.3 Å². The number of carbonyl (C=O) groups excluding carboxylic acids is 1. The average Bonchev–Trinajstić information content (AvgIpc) is 3.18. The average molecular weight is 290 g/mol. The molecule has 2 N–H and O–H groups in total. The number of rotatable bonds is 3. The van der Waals surface area contributed by atoms with Crippen LogP contribution in [0.1, 0.15) is 38.4 Å². The van der Waals surface area contributed by atoms with Crippen LogP contribution >= 0.6 is 0 Å². The molecular weight excluding hydrogens is 264 g/mol. The van der Waals surface area contributed by atoms with Crippen molar-refractivity contribution in [2.24, 2.45) is 0 Å². The lowest BCUT2D eigenvalue weighted by atomic mass is 9.98. The molecule has 0 radical (unpaired) electrons. The van der Waals surface area contributed by atoms with Gasteiger partial charge >= 0.3 is 0 Å². The van der Waals surface area contributed by atoms with Gasteiger partial charge in [0, 0.05) is 44.6 Å². The molecule has 1 amide bonds. The van der Waals surface area contributed by atoms with Gasteiger partial charge in [-0.25, -0.2) is 0 Å². The van der Waals surface area contributed by atoms with Crippen molar-refractivity contribution in [2.75, 3.05) is 32.7 Å². The largest absolute Gasteiger partial charge is 0.363 e. The number of likely N-dealkylation sites (tertiary alicyclic amines) is 1. The van der Waals surface area contributed by atoms with E-state index in [1.54, 1.807) is 0 Å². The van der Waals surface area contributed by atoms with E-state index in [-0.39, 0.29) is 11.9 Å². The van der Waals surface area contributed by atoms with Crippen molar-refractivity contribution in [3.63, 3.8) is 0 Å². The van der Waals surface area contributed by atoms with Crippen LogP contribution in [0.2, 0.25) is 0 Å². The molecule has 0 aromatic carbocycles. The quantitative estimate of drug-likeness (QED) is 0.884. The first kappa shape index (κ1) is 14.6. The molecule has 2 aliphatic heterocycles. The molecule has 0 saturated carbocycles. The fourth-order valence-corrected chi connectivity index (χ4v) is 3.60. The maximum atomic E-state index is 13.1. The van der Waals surface area contributed by atoms with Crippen LogP contribution in [0.15, 0.2) is 18.3 Å². The van der Waals surface area contributed by atoms with Gasteiger partial charge in [0.05, 0.1) is 11.6 Å². The molecule has 116 valence electrons. The molecule has 1 aromatic rings. The van der Waals surface area contributed by atoms with Crippen LogP contribution in [-0.4, -0.2) is 59.0 Å². The van der Waals surface area contributed by atoms with Gasteiger partial charge in [0.25, 0.3) is 0 Å². The Balaban J connectivity index is 1.76. The zero-order valence-corrected chi connectivity index (χ0v) is 13.1. The summed E-state index contributed by atoms with van der Waals surface area (Å²) in [6, 6.07) is 4.32. The highest BCUT2D eigenvalue weighted by molar-refractivity contribution is 5.86. The van der Waals surface area contributed by atoms with E-state index in [4.69, 9.17) is 0 Å². The summed E-state index contributed by atoms with van der Waals surface area (Å²) in [5, 5.41) is 3.35. The van der Waals surface area contributed by atoms with Gasteiger partial charge in [0.2, 0.25) is 5.91 Å². The zero-order chi connectivity index (χ0) is 14.9. The van der Waals surface area contributed by atoms with E-state index in [0.29, 0.717) is 0 Å². The number of piperazine rings is 1. The Morgan fingerprint density at radius 2 is 2.05 bits per heavy atom. The van der Waals surface area contributed by atoms with E-state index >= 15 is 0 Å². The number of amides is 1. The summed E-state index contributed by atoms with van der Waals surface area (Å²) in [6.45, 7) is 8.85. The van der Waals surface area contributed by atoms with Crippen molar-refractivity contribution in [1.82, 2.24) is 20.1 Å². The normalized spacial score (nSPS) is 24.5. The molecule has 21 heavy (non-hydrogen) atoms. The Morgan fingerprint density at radius 1 is 1.29 bits per heavy atom. The molecule has 2 saturated heterocycles. The molecule has 5 heteroatoms. The Morgan fingerprint density at radius 3 is 2.71 bits per heavy atom. The van der Waals surface area contributed by atoms with Gasteiger partial charge < -0.3 is 15.2 Å². The van der Waals surface area contributed by atoms with Gasteiger partial charge in [0.1, 0.15) is 0 Å². The third-order valence-corrected chi connectivity index (χ3v) is 4.93. The second-order valence-corrected chi connectivity index (χ2v) is 6.58. The Labute approximate surface area is 126 Å². The minimum absolute atomic E-state index is 0.217. The molecule has 3 heterocycles. The van der Waals surface area contributed by atoms with Crippen LogP contribution in [0, 0.1) is 0 Å². The summed E-state index contributed by atoms with van der Waals surface area (Å²) >= 11 is 0. The fraction of sp³-hybridized carbons (Fsp3) is 0.688. The second-order valence-electron chi connectivity index (χ2n) is 6.58. The van der Waals surface area contributed by atoms with Crippen molar-refractivity contribution in [3.05, 3.63) is 24.0 Å². The minimum Gasteiger partial charge on any atom is -0.363 e. The van der Waals surface area contributed by atoms with Crippen molar-refractivity contribution < 1.29 is 4.79 Å². The van der Waals surface area contributed by atoms with Gasteiger partial charge in [-0.3, -0.25) is 9.69 Å². The van der Waals surface area contributed by atoms with E-state index in [9.17, 15) is 4.79 Å². The summed E-state index contributed by atoms with van der Waals surface area (Å²) in [6.07, 6.45) is 4.09. The third-order valence-electron chi connectivity index (χ3n) is 4.93. The number of nitrogens with zero attached hydrogens (tertiary/aromatic N) is 2. The van der Waals surface area contributed by atoms with Crippen LogP contribution < -0.4 is 5.32 Å². The first-order valence-electron chi connectivity index (χ1n) is 8.01. The highest BCUT2D eigenvalue weighted by Gasteiger charge is 2.42. The Hall–Kier alpha value is -1.33. The maximum Gasteiger partial charge on any atom is 0.243 e. The molecule has 2 fully saturated rings. The SMILES string of the molecule is CC(C)(C(=O)N1CCCC1c1ccc[nH]1)N1CCNCC1. The molecule has 5 nitrogen and oxygen atoms in total. The number of hydrogen-bond donors (Lipinski definition) is 2. The van der Waals surface area contributed by atoms with Gasteiger partial charge in [0.15, 0.2) is 0 Å². The van der Waals surface area contributed by atoms with Gasteiger partial charge in [-0.05, 0) is 38.8 Å². The summed E-state index contributed by atoms with van der Waals surface area (Å²) in [7, 11) is 0. The molecular formula is C16H26N4O. The second kappa shape index (κ2) is 5.81. The van der Waals surface area contributed by atoms with Crippen molar-refractivity contribution >= 4 is 5.91 Å². The summed E-state index contributed by atoms with van der Waals surface area (Å²) in [5.74, 6) is 0.265. The first-order chi connectivity index (χ1) is 10.1. The summed E-state index contributed by atoms with van der Waals surface area (Å²) < 4.78 is 0. The molecule has 1 aromatic heterocycles. The third kappa shape index (κ3) is 2.72. The number of aromatic amines is 1. The standard InChI is InChI=1S/C16H26N4O/c1-16(2,19-11-8-17-9-12-19)15(21)20-10-4-6-14(20)13-5-3-7-18-13/h3,5,7,14,17-18H,4,6,8-12H2,1-2H3. The Kier molecular flexibility index (Phi) is 4.04. The molecule has 0 spiro atoms. The smallest absolute Gasteiger partial charge is 0.243 e. The first-order valence-corrected chi connectivity index (χ1v) is 8.01. The van der Waals surface area contributed by atoms with Crippen LogP contribution in [-0.2, 0) is 4.79 Å². The number of nitrogens with one attached hydrogen (secondary N) is 2. The van der Waals surface area contributed by atoms with Gasteiger partial charge in [-0.15, -0.1) is 0 Å². The van der Waals surface area contributed by atoms with Crippen LogP contribution in [0.25, 0.3) is 0 Å². The predicted octanol–water partition coefficient (Wildman–Crippen LogP) is 1.36. The van der Waals surface area contributed by atoms with Crippen molar-refractivity contribution in [1.29, 1.82) is 0 Å². The van der Waals surface area contributed by atoms with Crippen molar-refractivity contribution in [3.8, 4) is 0 Å². The van der Waals surface area contributed by atoms with Crippen LogP contribution in [0.5, 0.6) is 0 Å². The maximum absolute atomic E-state index is 13.1. The fourth-order valence-electron chi connectivity index (χ4n) is 3.60. The van der Waals surface area contributed by atoms with E-state index in [1.165, 1.54) is 0 Å². The molecule has 0 bridgehead atoms. The number of H-pyrrole nitrogens is 1. The lowest BCUT2D eigenvalue weighted by Gasteiger charge is -2.42.